The summed E-state index contributed by atoms with van der Waals surface area (Å²) in [6, 6.07) is 15.0. The number of carbonyl (C=O) groups excluding carboxylic acids is 1. The fourth-order valence-electron chi connectivity index (χ4n) is 3.93. The van der Waals surface area contributed by atoms with Crippen molar-refractivity contribution in [3.05, 3.63) is 59.7 Å². The zero-order valence-electron chi connectivity index (χ0n) is 14.0. The second-order valence-electron chi connectivity index (χ2n) is 6.70. The number of likely N-dealkylation sites (tertiary alicyclic amines) is 1. The van der Waals surface area contributed by atoms with Gasteiger partial charge < -0.3 is 14.9 Å². The smallest absolute Gasteiger partial charge is 0.410 e. The lowest BCUT2D eigenvalue weighted by Gasteiger charge is -2.22. The first-order chi connectivity index (χ1) is 12.6. The van der Waals surface area contributed by atoms with Crippen LogP contribution in [0.2, 0.25) is 0 Å². The van der Waals surface area contributed by atoms with E-state index >= 15 is 0 Å². The molecule has 1 heterocycles. The number of nitrogens with zero attached hydrogens (tertiary/aromatic N) is 1. The van der Waals surface area contributed by atoms with Gasteiger partial charge in [0, 0.05) is 12.3 Å². The SMILES string of the molecule is O=C(O)[C@H]1C[C@H](O)CN1C(=O)OCC1c2ccccc2-c2ccccc21. The van der Waals surface area contributed by atoms with E-state index in [1.807, 2.05) is 48.5 Å². The predicted molar refractivity (Wildman–Crippen MR) is 93.8 cm³/mol. The third-order valence-electron chi connectivity index (χ3n) is 5.13. The van der Waals surface area contributed by atoms with Crippen molar-refractivity contribution in [1.29, 1.82) is 0 Å². The molecule has 0 radical (unpaired) electrons. The summed E-state index contributed by atoms with van der Waals surface area (Å²) >= 11 is 0. The van der Waals surface area contributed by atoms with Gasteiger partial charge in [-0.3, -0.25) is 4.90 Å². The summed E-state index contributed by atoms with van der Waals surface area (Å²) < 4.78 is 5.46. The van der Waals surface area contributed by atoms with Gasteiger partial charge >= 0.3 is 12.1 Å². The van der Waals surface area contributed by atoms with Gasteiger partial charge in [-0.15, -0.1) is 0 Å². The second kappa shape index (κ2) is 6.46. The molecule has 6 heteroatoms. The molecule has 2 aromatic carbocycles. The summed E-state index contributed by atoms with van der Waals surface area (Å²) in [4.78, 5) is 24.8. The summed E-state index contributed by atoms with van der Waals surface area (Å²) in [5.74, 6) is -1.21. The normalized spacial score (nSPS) is 21.3. The zero-order valence-corrected chi connectivity index (χ0v) is 14.0. The topological polar surface area (TPSA) is 87.1 Å². The first-order valence-corrected chi connectivity index (χ1v) is 8.58. The fraction of sp³-hybridized carbons (Fsp3) is 0.300. The first-order valence-electron chi connectivity index (χ1n) is 8.58. The number of fused-ring (bicyclic) bond motifs is 3. The number of carboxylic acid groups (broad SMARTS) is 1. The fourth-order valence-corrected chi connectivity index (χ4v) is 3.93. The molecule has 0 unspecified atom stereocenters. The molecule has 0 saturated carbocycles. The van der Waals surface area contributed by atoms with Gasteiger partial charge in [0.05, 0.1) is 12.6 Å². The Morgan fingerprint density at radius 3 is 2.19 bits per heavy atom. The van der Waals surface area contributed by atoms with E-state index in [-0.39, 0.29) is 25.5 Å². The molecule has 0 aromatic heterocycles. The van der Waals surface area contributed by atoms with Crippen molar-refractivity contribution in [2.45, 2.75) is 24.5 Å². The molecule has 2 N–H and O–H groups in total. The number of aliphatic hydroxyl groups excluding tert-OH is 1. The number of carbonyl (C=O) groups is 2. The van der Waals surface area contributed by atoms with Crippen LogP contribution in [0.1, 0.15) is 23.5 Å². The van der Waals surface area contributed by atoms with Gasteiger partial charge in [-0.2, -0.15) is 0 Å². The van der Waals surface area contributed by atoms with Gasteiger partial charge in [0.15, 0.2) is 0 Å². The van der Waals surface area contributed by atoms with Gasteiger partial charge in [0.2, 0.25) is 0 Å². The van der Waals surface area contributed by atoms with E-state index in [0.29, 0.717) is 0 Å². The van der Waals surface area contributed by atoms with Crippen LogP contribution < -0.4 is 0 Å². The van der Waals surface area contributed by atoms with Crippen LogP contribution in [0.3, 0.4) is 0 Å². The summed E-state index contributed by atoms with van der Waals surface area (Å²) in [7, 11) is 0. The summed E-state index contributed by atoms with van der Waals surface area (Å²) in [5.41, 5.74) is 4.45. The molecule has 4 rings (SSSR count). The van der Waals surface area contributed by atoms with E-state index in [9.17, 15) is 19.8 Å². The molecule has 1 aliphatic heterocycles. The average molecular weight is 353 g/mol. The highest BCUT2D eigenvalue weighted by molar-refractivity contribution is 5.81. The van der Waals surface area contributed by atoms with E-state index in [4.69, 9.17) is 4.74 Å². The van der Waals surface area contributed by atoms with E-state index in [1.54, 1.807) is 0 Å². The lowest BCUT2D eigenvalue weighted by molar-refractivity contribution is -0.141. The van der Waals surface area contributed by atoms with Crippen molar-refractivity contribution >= 4 is 12.1 Å². The number of carboxylic acids is 1. The van der Waals surface area contributed by atoms with Crippen LogP contribution in [0.5, 0.6) is 0 Å². The Balaban J connectivity index is 1.53. The van der Waals surface area contributed by atoms with Gasteiger partial charge in [0.1, 0.15) is 12.6 Å². The monoisotopic (exact) mass is 353 g/mol. The molecule has 2 atom stereocenters. The standard InChI is InChI=1S/C20H19NO5/c22-12-9-18(19(23)24)21(10-12)20(25)26-11-17-15-7-3-1-5-13(15)14-6-2-4-8-16(14)17/h1-8,12,17-18,22H,9-11H2,(H,23,24)/t12-,18+/m0/s1. The minimum atomic E-state index is -1.13. The molecule has 1 amide bonds. The Morgan fingerprint density at radius 1 is 1.04 bits per heavy atom. The lowest BCUT2D eigenvalue weighted by atomic mass is 9.98. The molecule has 6 nitrogen and oxygen atoms in total. The molecular formula is C20H19NO5. The Bertz CT molecular complexity index is 819. The lowest BCUT2D eigenvalue weighted by Crippen LogP contribution is -2.41. The van der Waals surface area contributed by atoms with Crippen LogP contribution >= 0.6 is 0 Å². The number of hydrogen-bond acceptors (Lipinski definition) is 4. The van der Waals surface area contributed by atoms with Crippen molar-refractivity contribution in [2.24, 2.45) is 0 Å². The number of ether oxygens (including phenoxy) is 1. The maximum Gasteiger partial charge on any atom is 0.410 e. The van der Waals surface area contributed by atoms with Crippen LogP contribution in [0.15, 0.2) is 48.5 Å². The number of aliphatic carboxylic acids is 1. The number of amides is 1. The van der Waals surface area contributed by atoms with Gasteiger partial charge in [-0.05, 0) is 22.3 Å². The number of rotatable bonds is 3. The number of β-amino-alcohol motifs (C(OH)–C–C–N with tert-alkyl or cyclic N) is 1. The van der Waals surface area contributed by atoms with Crippen molar-refractivity contribution in [3.63, 3.8) is 0 Å². The Labute approximate surface area is 150 Å². The van der Waals surface area contributed by atoms with Crippen LogP contribution in [0.25, 0.3) is 11.1 Å². The number of hydrogen-bond donors (Lipinski definition) is 2. The molecule has 2 aromatic rings. The summed E-state index contributed by atoms with van der Waals surface area (Å²) in [6.45, 7) is 0.111. The van der Waals surface area contributed by atoms with Gasteiger partial charge in [-0.25, -0.2) is 9.59 Å². The number of aliphatic hydroxyl groups is 1. The van der Waals surface area contributed by atoms with Crippen LogP contribution in [-0.2, 0) is 9.53 Å². The molecule has 134 valence electrons. The van der Waals surface area contributed by atoms with Crippen molar-refractivity contribution in [1.82, 2.24) is 4.90 Å². The molecule has 26 heavy (non-hydrogen) atoms. The Kier molecular flexibility index (Phi) is 4.12. The Hall–Kier alpha value is -2.86. The minimum absolute atomic E-state index is 0.0202. The van der Waals surface area contributed by atoms with Gasteiger partial charge in [-0.1, -0.05) is 48.5 Å². The highest BCUT2D eigenvalue weighted by atomic mass is 16.6. The van der Waals surface area contributed by atoms with E-state index in [1.165, 1.54) is 0 Å². The summed E-state index contributed by atoms with van der Waals surface area (Å²) in [5, 5.41) is 18.9. The quantitative estimate of drug-likeness (QED) is 0.885. The largest absolute Gasteiger partial charge is 0.480 e. The molecule has 1 fully saturated rings. The van der Waals surface area contributed by atoms with Crippen LogP contribution in [-0.4, -0.2) is 52.5 Å². The van der Waals surface area contributed by atoms with Crippen molar-refractivity contribution in [2.75, 3.05) is 13.2 Å². The minimum Gasteiger partial charge on any atom is -0.480 e. The molecule has 1 aliphatic carbocycles. The Morgan fingerprint density at radius 2 is 1.62 bits per heavy atom. The average Bonchev–Trinajstić information content (AvgIpc) is 3.18. The second-order valence-corrected chi connectivity index (χ2v) is 6.70. The van der Waals surface area contributed by atoms with Crippen LogP contribution in [0.4, 0.5) is 4.79 Å². The van der Waals surface area contributed by atoms with Crippen LogP contribution in [0, 0.1) is 0 Å². The molecule has 0 bridgehead atoms. The molecular weight excluding hydrogens is 334 g/mol. The number of benzene rings is 2. The van der Waals surface area contributed by atoms with Gasteiger partial charge in [0.25, 0.3) is 0 Å². The molecule has 0 spiro atoms. The highest BCUT2D eigenvalue weighted by Gasteiger charge is 2.40. The zero-order chi connectivity index (χ0) is 18.3. The third kappa shape index (κ3) is 2.72. The van der Waals surface area contributed by atoms with E-state index in [0.717, 1.165) is 27.2 Å². The first kappa shape index (κ1) is 16.6. The maximum absolute atomic E-state index is 12.4. The molecule has 2 aliphatic rings. The predicted octanol–water partition coefficient (Wildman–Crippen LogP) is 2.46. The highest BCUT2D eigenvalue weighted by Crippen LogP contribution is 2.44. The summed E-state index contributed by atoms with van der Waals surface area (Å²) in [6.07, 6.45) is -1.51. The third-order valence-corrected chi connectivity index (χ3v) is 5.13. The van der Waals surface area contributed by atoms with E-state index in [2.05, 4.69) is 0 Å². The van der Waals surface area contributed by atoms with Crippen molar-refractivity contribution < 1.29 is 24.5 Å². The van der Waals surface area contributed by atoms with Crippen molar-refractivity contribution in [3.8, 4) is 11.1 Å². The molecule has 1 saturated heterocycles. The maximum atomic E-state index is 12.4. The van der Waals surface area contributed by atoms with E-state index < -0.39 is 24.2 Å².